The van der Waals surface area contributed by atoms with Gasteiger partial charge in [0.2, 0.25) is 5.13 Å². The summed E-state index contributed by atoms with van der Waals surface area (Å²) in [4.78, 5) is 12.5. The maximum Gasteiger partial charge on any atom is 0.263 e. The monoisotopic (exact) mass is 510 g/mol. The van der Waals surface area contributed by atoms with Crippen LogP contribution in [0.3, 0.4) is 0 Å². The molecule has 1 aromatic heterocycles. The zero-order chi connectivity index (χ0) is 23.5. The van der Waals surface area contributed by atoms with E-state index in [0.717, 1.165) is 21.2 Å². The first-order valence-electron chi connectivity index (χ1n) is 9.72. The summed E-state index contributed by atoms with van der Waals surface area (Å²) >= 11 is 9.00. The Morgan fingerprint density at radius 2 is 1.88 bits per heavy atom. The number of sulfonamides is 1. The minimum absolute atomic E-state index is 0.0150. The van der Waals surface area contributed by atoms with Crippen LogP contribution < -0.4 is 10.0 Å². The molecule has 0 aliphatic heterocycles. The fourth-order valence-electron chi connectivity index (χ4n) is 2.59. The molecule has 7 nitrogen and oxygen atoms in total. The van der Waals surface area contributed by atoms with Crippen molar-refractivity contribution in [3.63, 3.8) is 0 Å². The molecule has 170 valence electrons. The smallest absolute Gasteiger partial charge is 0.263 e. The van der Waals surface area contributed by atoms with Crippen molar-refractivity contribution in [1.29, 1.82) is 0 Å². The number of rotatable bonds is 8. The first kappa shape index (κ1) is 24.5. The second-order valence-electron chi connectivity index (χ2n) is 7.58. The number of hydrogen-bond donors (Lipinski definition) is 2. The Balaban J connectivity index is 1.78. The Hall–Kier alpha value is -2.14. The highest BCUT2D eigenvalue weighted by atomic mass is 35.5. The number of carbonyl (C=O) groups excluding carboxylic acids is 1. The lowest BCUT2D eigenvalue weighted by Gasteiger charge is -2.12. The van der Waals surface area contributed by atoms with Crippen molar-refractivity contribution >= 4 is 61.4 Å². The van der Waals surface area contributed by atoms with Gasteiger partial charge < -0.3 is 0 Å². The molecule has 0 saturated carbocycles. The third kappa shape index (κ3) is 6.22. The fraction of sp³-hybridized carbons (Fsp3) is 0.286. The van der Waals surface area contributed by atoms with E-state index in [4.69, 9.17) is 11.6 Å². The molecule has 0 atom stereocenters. The number of thioether (sulfide) groups is 1. The van der Waals surface area contributed by atoms with Gasteiger partial charge in [-0.25, -0.2) is 8.42 Å². The van der Waals surface area contributed by atoms with E-state index in [1.807, 2.05) is 19.9 Å². The molecule has 0 fully saturated rings. The Morgan fingerprint density at radius 1 is 1.12 bits per heavy atom. The van der Waals surface area contributed by atoms with Crippen molar-refractivity contribution in [1.82, 2.24) is 10.2 Å². The summed E-state index contributed by atoms with van der Waals surface area (Å²) in [5, 5.41) is 11.1. The Morgan fingerprint density at radius 3 is 2.56 bits per heavy atom. The summed E-state index contributed by atoms with van der Waals surface area (Å²) in [5.41, 5.74) is 2.56. The maximum absolute atomic E-state index is 12.9. The van der Waals surface area contributed by atoms with Crippen LogP contribution in [0.25, 0.3) is 0 Å². The van der Waals surface area contributed by atoms with Crippen molar-refractivity contribution in [2.24, 2.45) is 5.92 Å². The van der Waals surface area contributed by atoms with Gasteiger partial charge in [0.25, 0.3) is 15.9 Å². The van der Waals surface area contributed by atoms with Crippen LogP contribution in [0.2, 0.25) is 5.02 Å². The van der Waals surface area contributed by atoms with Crippen LogP contribution in [0.15, 0.2) is 45.6 Å². The van der Waals surface area contributed by atoms with Crippen molar-refractivity contribution < 1.29 is 13.2 Å². The number of nitrogens with one attached hydrogen (secondary N) is 2. The van der Waals surface area contributed by atoms with Crippen LogP contribution in [-0.4, -0.2) is 30.3 Å². The number of benzene rings is 2. The van der Waals surface area contributed by atoms with Crippen molar-refractivity contribution in [3.05, 3.63) is 58.1 Å². The molecule has 2 aromatic carbocycles. The number of aromatic nitrogens is 2. The molecule has 3 rings (SSSR count). The Labute approximate surface area is 201 Å². The highest BCUT2D eigenvalue weighted by Crippen LogP contribution is 2.29. The van der Waals surface area contributed by atoms with E-state index in [1.165, 1.54) is 29.5 Å². The molecule has 1 amide bonds. The Bertz CT molecular complexity index is 1240. The molecule has 0 saturated heterocycles. The van der Waals surface area contributed by atoms with Crippen LogP contribution in [0, 0.1) is 19.8 Å². The van der Waals surface area contributed by atoms with Gasteiger partial charge in [-0.15, -0.1) is 10.2 Å². The number of nitrogens with zero attached hydrogens (tertiary/aromatic N) is 2. The number of amides is 1. The summed E-state index contributed by atoms with van der Waals surface area (Å²) in [6.45, 7) is 8.05. The third-order valence-electron chi connectivity index (χ3n) is 4.41. The summed E-state index contributed by atoms with van der Waals surface area (Å²) in [6, 6.07) is 9.33. The maximum atomic E-state index is 12.9. The SMILES string of the molecule is Cc1ccc(NS(=O)(=O)c2cc(C(=O)Nc3nnc(SCC(C)C)s3)ccc2Cl)cc1C. The van der Waals surface area contributed by atoms with E-state index in [-0.39, 0.29) is 15.5 Å². The number of hydrogen-bond acceptors (Lipinski definition) is 7. The first-order chi connectivity index (χ1) is 15.0. The minimum Gasteiger partial charge on any atom is -0.296 e. The van der Waals surface area contributed by atoms with E-state index in [2.05, 4.69) is 34.1 Å². The predicted octanol–water partition coefficient (Wildman–Crippen LogP) is 5.61. The molecule has 2 N–H and O–H groups in total. The second kappa shape index (κ2) is 10.2. The summed E-state index contributed by atoms with van der Waals surface area (Å²) < 4.78 is 29.1. The number of aryl methyl sites for hydroxylation is 2. The highest BCUT2D eigenvalue weighted by Gasteiger charge is 2.21. The van der Waals surface area contributed by atoms with Gasteiger partial charge in [-0.3, -0.25) is 14.8 Å². The normalized spacial score (nSPS) is 11.6. The molecule has 1 heterocycles. The van der Waals surface area contributed by atoms with Gasteiger partial charge in [-0.1, -0.05) is 54.6 Å². The van der Waals surface area contributed by atoms with Crippen molar-refractivity contribution in [2.45, 2.75) is 36.9 Å². The average molecular weight is 511 g/mol. The van der Waals surface area contributed by atoms with Crippen molar-refractivity contribution in [2.75, 3.05) is 15.8 Å². The first-order valence-corrected chi connectivity index (χ1v) is 13.4. The van der Waals surface area contributed by atoms with Crippen molar-refractivity contribution in [3.8, 4) is 0 Å². The molecule has 0 radical (unpaired) electrons. The van der Waals surface area contributed by atoms with Gasteiger partial charge in [-0.05, 0) is 61.2 Å². The molecule has 11 heteroatoms. The van der Waals surface area contributed by atoms with Gasteiger partial charge in [0, 0.05) is 17.0 Å². The van der Waals surface area contributed by atoms with Gasteiger partial charge in [-0.2, -0.15) is 0 Å². The lowest BCUT2D eigenvalue weighted by Crippen LogP contribution is -2.16. The van der Waals surface area contributed by atoms with E-state index in [1.54, 1.807) is 23.9 Å². The molecule has 32 heavy (non-hydrogen) atoms. The van der Waals surface area contributed by atoms with Gasteiger partial charge in [0.1, 0.15) is 4.90 Å². The minimum atomic E-state index is -4.00. The van der Waals surface area contributed by atoms with Gasteiger partial charge in [0.05, 0.1) is 5.02 Å². The molecular formula is C21H23ClN4O3S3. The molecule has 0 bridgehead atoms. The van der Waals surface area contributed by atoms with Crippen LogP contribution in [0.4, 0.5) is 10.8 Å². The largest absolute Gasteiger partial charge is 0.296 e. The standard InChI is InChI=1S/C21H23ClN4O3S3/c1-12(2)11-30-21-25-24-20(31-21)23-19(27)15-6-8-17(22)18(10-15)32(28,29)26-16-7-5-13(3)14(4)9-16/h5-10,12,26H,11H2,1-4H3,(H,23,24,27). The second-order valence-corrected chi connectivity index (χ2v) is 11.9. The van der Waals surface area contributed by atoms with E-state index < -0.39 is 15.9 Å². The van der Waals surface area contributed by atoms with E-state index >= 15 is 0 Å². The predicted molar refractivity (Wildman–Crippen MR) is 132 cm³/mol. The number of halogens is 1. The Kier molecular flexibility index (Phi) is 7.81. The fourth-order valence-corrected chi connectivity index (χ4v) is 5.89. The lowest BCUT2D eigenvalue weighted by atomic mass is 10.1. The molecular weight excluding hydrogens is 488 g/mol. The van der Waals surface area contributed by atoms with E-state index in [9.17, 15) is 13.2 Å². The zero-order valence-corrected chi connectivity index (χ0v) is 21.2. The summed E-state index contributed by atoms with van der Waals surface area (Å²) in [6.07, 6.45) is 0. The molecule has 0 aliphatic rings. The van der Waals surface area contributed by atoms with Gasteiger partial charge in [0.15, 0.2) is 4.34 Å². The number of anilines is 2. The van der Waals surface area contributed by atoms with Crippen LogP contribution >= 0.6 is 34.7 Å². The zero-order valence-electron chi connectivity index (χ0n) is 18.0. The molecule has 0 unspecified atom stereocenters. The third-order valence-corrected chi connectivity index (χ3v) is 8.67. The average Bonchev–Trinajstić information content (AvgIpc) is 3.16. The summed E-state index contributed by atoms with van der Waals surface area (Å²) in [7, 11) is -4.00. The highest BCUT2D eigenvalue weighted by molar-refractivity contribution is 8.01. The topological polar surface area (TPSA) is 101 Å². The summed E-state index contributed by atoms with van der Waals surface area (Å²) in [5.74, 6) is 0.906. The molecule has 0 aliphatic carbocycles. The molecule has 3 aromatic rings. The lowest BCUT2D eigenvalue weighted by molar-refractivity contribution is 0.102. The van der Waals surface area contributed by atoms with Crippen LogP contribution in [0.5, 0.6) is 0 Å². The number of carbonyl (C=O) groups is 1. The van der Waals surface area contributed by atoms with Crippen LogP contribution in [-0.2, 0) is 10.0 Å². The molecule has 0 spiro atoms. The van der Waals surface area contributed by atoms with Gasteiger partial charge >= 0.3 is 0 Å². The van der Waals surface area contributed by atoms with E-state index in [0.29, 0.717) is 16.7 Å². The van der Waals surface area contributed by atoms with Crippen LogP contribution in [0.1, 0.15) is 35.3 Å². The quantitative estimate of drug-likeness (QED) is 0.301.